The molecule has 0 bridgehead atoms. The second kappa shape index (κ2) is 6.06. The van der Waals surface area contributed by atoms with Gasteiger partial charge in [-0.1, -0.05) is 11.6 Å². The SMILES string of the molecule is CCOC(=O)Cc1cc(Cl)c(C#N)c(I)c1. The van der Waals surface area contributed by atoms with Crippen LogP contribution >= 0.6 is 34.2 Å². The molecule has 0 unspecified atom stereocenters. The maximum atomic E-state index is 11.3. The number of ether oxygens (including phenoxy) is 1. The lowest BCUT2D eigenvalue weighted by Gasteiger charge is -2.05. The average Bonchev–Trinajstić information content (AvgIpc) is 2.17. The van der Waals surface area contributed by atoms with Gasteiger partial charge in [0.05, 0.1) is 23.6 Å². The zero-order valence-electron chi connectivity index (χ0n) is 8.59. The molecule has 0 aliphatic rings. The molecule has 0 N–H and O–H groups in total. The number of nitrogens with zero attached hydrogens (tertiary/aromatic N) is 1. The molecule has 0 aliphatic carbocycles. The smallest absolute Gasteiger partial charge is 0.310 e. The highest BCUT2D eigenvalue weighted by atomic mass is 127. The summed E-state index contributed by atoms with van der Waals surface area (Å²) in [5.74, 6) is -0.293. The molecule has 0 heterocycles. The molecular formula is C11H9ClINO2. The molecule has 0 spiro atoms. The minimum Gasteiger partial charge on any atom is -0.466 e. The first kappa shape index (κ1) is 13.3. The van der Waals surface area contributed by atoms with Gasteiger partial charge in [0.15, 0.2) is 0 Å². The van der Waals surface area contributed by atoms with Crippen molar-refractivity contribution in [2.75, 3.05) is 6.61 Å². The fourth-order valence-corrected chi connectivity index (χ4v) is 2.47. The van der Waals surface area contributed by atoms with Crippen LogP contribution in [0.3, 0.4) is 0 Å². The molecule has 3 nitrogen and oxygen atoms in total. The van der Waals surface area contributed by atoms with E-state index in [1.165, 1.54) is 0 Å². The molecule has 1 aromatic rings. The molecule has 16 heavy (non-hydrogen) atoms. The number of rotatable bonds is 3. The summed E-state index contributed by atoms with van der Waals surface area (Å²) >= 11 is 7.94. The van der Waals surface area contributed by atoms with Crippen LogP contribution in [0.25, 0.3) is 0 Å². The Morgan fingerprint density at radius 3 is 2.81 bits per heavy atom. The van der Waals surface area contributed by atoms with Crippen LogP contribution < -0.4 is 0 Å². The Morgan fingerprint density at radius 1 is 1.62 bits per heavy atom. The molecule has 0 radical (unpaired) electrons. The van der Waals surface area contributed by atoms with E-state index >= 15 is 0 Å². The summed E-state index contributed by atoms with van der Waals surface area (Å²) in [6.45, 7) is 2.12. The summed E-state index contributed by atoms with van der Waals surface area (Å²) in [4.78, 5) is 11.3. The van der Waals surface area contributed by atoms with Gasteiger partial charge in [-0.2, -0.15) is 5.26 Å². The molecule has 0 amide bonds. The number of nitriles is 1. The highest BCUT2D eigenvalue weighted by Gasteiger charge is 2.10. The monoisotopic (exact) mass is 349 g/mol. The van der Waals surface area contributed by atoms with Gasteiger partial charge in [-0.25, -0.2) is 0 Å². The minimum absolute atomic E-state index is 0.176. The Balaban J connectivity index is 2.93. The zero-order valence-corrected chi connectivity index (χ0v) is 11.5. The summed E-state index contributed by atoms with van der Waals surface area (Å²) < 4.78 is 5.58. The third kappa shape index (κ3) is 3.35. The van der Waals surface area contributed by atoms with Crippen molar-refractivity contribution in [1.29, 1.82) is 5.26 Å². The normalized spacial score (nSPS) is 9.62. The number of carbonyl (C=O) groups excluding carboxylic acids is 1. The summed E-state index contributed by atoms with van der Waals surface area (Å²) in [5, 5.41) is 9.19. The number of halogens is 2. The van der Waals surface area contributed by atoms with E-state index in [1.807, 2.05) is 28.7 Å². The molecule has 0 saturated carbocycles. The second-order valence-electron chi connectivity index (χ2n) is 3.03. The third-order valence-electron chi connectivity index (χ3n) is 1.87. The van der Waals surface area contributed by atoms with Crippen LogP contribution in [-0.4, -0.2) is 12.6 Å². The number of hydrogen-bond donors (Lipinski definition) is 0. The molecular weight excluding hydrogens is 340 g/mol. The van der Waals surface area contributed by atoms with E-state index in [0.717, 1.165) is 9.13 Å². The van der Waals surface area contributed by atoms with E-state index < -0.39 is 0 Å². The summed E-state index contributed by atoms with van der Waals surface area (Å²) in [5.41, 5.74) is 1.20. The maximum Gasteiger partial charge on any atom is 0.310 e. The van der Waals surface area contributed by atoms with E-state index in [9.17, 15) is 4.79 Å². The van der Waals surface area contributed by atoms with Crippen molar-refractivity contribution in [3.8, 4) is 6.07 Å². The Bertz CT molecular complexity index is 431. The maximum absolute atomic E-state index is 11.3. The van der Waals surface area contributed by atoms with Gasteiger partial charge in [-0.05, 0) is 47.2 Å². The van der Waals surface area contributed by atoms with Crippen LogP contribution in [0.5, 0.6) is 0 Å². The molecule has 1 rings (SSSR count). The number of benzene rings is 1. The molecule has 84 valence electrons. The van der Waals surface area contributed by atoms with Gasteiger partial charge in [0.1, 0.15) is 6.07 Å². The molecule has 0 aliphatic heterocycles. The first-order chi connectivity index (χ1) is 7.58. The largest absolute Gasteiger partial charge is 0.466 e. The zero-order chi connectivity index (χ0) is 12.1. The first-order valence-corrected chi connectivity index (χ1v) is 6.07. The van der Waals surface area contributed by atoms with Crippen molar-refractivity contribution in [3.05, 3.63) is 31.9 Å². The van der Waals surface area contributed by atoms with Crippen LogP contribution in [0.2, 0.25) is 5.02 Å². The van der Waals surface area contributed by atoms with Crippen LogP contribution in [0.1, 0.15) is 18.1 Å². The number of hydrogen-bond acceptors (Lipinski definition) is 3. The van der Waals surface area contributed by atoms with Gasteiger partial charge >= 0.3 is 5.97 Å². The topological polar surface area (TPSA) is 50.1 Å². The standard InChI is InChI=1S/C11H9ClINO2/c1-2-16-11(15)5-7-3-9(12)8(6-14)10(13)4-7/h3-4H,2,5H2,1H3. The fourth-order valence-electron chi connectivity index (χ4n) is 1.21. The molecule has 5 heteroatoms. The third-order valence-corrected chi connectivity index (χ3v) is 3.02. The van der Waals surface area contributed by atoms with Crippen molar-refractivity contribution in [3.63, 3.8) is 0 Å². The van der Waals surface area contributed by atoms with Gasteiger partial charge in [-0.3, -0.25) is 4.79 Å². The van der Waals surface area contributed by atoms with Gasteiger partial charge in [-0.15, -0.1) is 0 Å². The van der Waals surface area contributed by atoms with Gasteiger partial charge in [0.2, 0.25) is 0 Å². The highest BCUT2D eigenvalue weighted by molar-refractivity contribution is 14.1. The van der Waals surface area contributed by atoms with Crippen molar-refractivity contribution in [2.24, 2.45) is 0 Å². The van der Waals surface area contributed by atoms with Crippen molar-refractivity contribution in [2.45, 2.75) is 13.3 Å². The molecule has 0 fully saturated rings. The second-order valence-corrected chi connectivity index (χ2v) is 4.60. The van der Waals surface area contributed by atoms with Crippen molar-refractivity contribution < 1.29 is 9.53 Å². The van der Waals surface area contributed by atoms with Gasteiger partial charge in [0.25, 0.3) is 0 Å². The van der Waals surface area contributed by atoms with Crippen LogP contribution in [0, 0.1) is 14.9 Å². The van der Waals surface area contributed by atoms with E-state index in [1.54, 1.807) is 19.1 Å². The molecule has 0 aromatic heterocycles. The quantitative estimate of drug-likeness (QED) is 0.623. The number of esters is 1. The van der Waals surface area contributed by atoms with Crippen molar-refractivity contribution in [1.82, 2.24) is 0 Å². The van der Waals surface area contributed by atoms with Gasteiger partial charge in [0, 0.05) is 3.57 Å². The van der Waals surface area contributed by atoms with E-state index in [-0.39, 0.29) is 12.4 Å². The molecule has 1 aromatic carbocycles. The van der Waals surface area contributed by atoms with E-state index in [2.05, 4.69) is 0 Å². The van der Waals surface area contributed by atoms with Crippen LogP contribution in [-0.2, 0) is 16.0 Å². The Kier molecular flexibility index (Phi) is 5.03. The van der Waals surface area contributed by atoms with E-state index in [0.29, 0.717) is 17.2 Å². The lowest BCUT2D eigenvalue weighted by Crippen LogP contribution is -2.07. The predicted molar refractivity (Wildman–Crippen MR) is 69.2 cm³/mol. The fraction of sp³-hybridized carbons (Fsp3) is 0.273. The highest BCUT2D eigenvalue weighted by Crippen LogP contribution is 2.23. The van der Waals surface area contributed by atoms with Crippen LogP contribution in [0.4, 0.5) is 0 Å². The molecule has 0 saturated heterocycles. The first-order valence-electron chi connectivity index (χ1n) is 4.62. The summed E-state index contributed by atoms with van der Waals surface area (Å²) in [6.07, 6.45) is 0.176. The Morgan fingerprint density at radius 2 is 2.31 bits per heavy atom. The molecule has 0 atom stereocenters. The number of carbonyl (C=O) groups is 1. The summed E-state index contributed by atoms with van der Waals surface area (Å²) in [6, 6.07) is 5.40. The van der Waals surface area contributed by atoms with Crippen molar-refractivity contribution >= 4 is 40.2 Å². The van der Waals surface area contributed by atoms with E-state index in [4.69, 9.17) is 21.6 Å². The Hall–Kier alpha value is -0.800. The predicted octanol–water partition coefficient (Wildman–Crippen LogP) is 2.92. The average molecular weight is 350 g/mol. The Labute approximate surface area is 112 Å². The lowest BCUT2D eigenvalue weighted by molar-refractivity contribution is -0.142. The minimum atomic E-state index is -0.293. The van der Waals surface area contributed by atoms with Crippen LogP contribution in [0.15, 0.2) is 12.1 Å². The summed E-state index contributed by atoms with van der Waals surface area (Å²) in [7, 11) is 0. The lowest BCUT2D eigenvalue weighted by atomic mass is 10.1. The van der Waals surface area contributed by atoms with Gasteiger partial charge < -0.3 is 4.74 Å².